The summed E-state index contributed by atoms with van der Waals surface area (Å²) in [5, 5.41) is 20.6. The molecule has 192 valence electrons. The van der Waals surface area contributed by atoms with Crippen molar-refractivity contribution in [3.05, 3.63) is 65.7 Å². The van der Waals surface area contributed by atoms with Gasteiger partial charge < -0.3 is 24.2 Å². The Morgan fingerprint density at radius 1 is 0.973 bits per heavy atom. The summed E-state index contributed by atoms with van der Waals surface area (Å²) >= 11 is 0. The van der Waals surface area contributed by atoms with Crippen LogP contribution in [0, 0.1) is 0 Å². The predicted molar refractivity (Wildman–Crippen MR) is 123 cm³/mol. The normalized spacial score (nSPS) is 15.5. The van der Waals surface area contributed by atoms with Crippen LogP contribution in [-0.2, 0) is 15.7 Å². The first-order valence-corrected chi connectivity index (χ1v) is 11.4. The number of amides is 1. The Balaban J connectivity index is 1.36. The van der Waals surface area contributed by atoms with Crippen LogP contribution < -0.4 is 5.32 Å². The maximum Gasteiger partial charge on any atom is 0.422 e. The Morgan fingerprint density at radius 3 is 2.35 bits per heavy atom. The molecule has 4 aromatic rings. The Labute approximate surface area is 208 Å². The maximum atomic E-state index is 13.9. The summed E-state index contributed by atoms with van der Waals surface area (Å²) in [5.74, 6) is -1.71. The third kappa shape index (κ3) is 5.25. The number of ether oxygens (including phenoxy) is 1. The Hall–Kier alpha value is -4.03. The first-order valence-electron chi connectivity index (χ1n) is 11.4. The van der Waals surface area contributed by atoms with Crippen molar-refractivity contribution < 1.29 is 36.9 Å². The van der Waals surface area contributed by atoms with Crippen molar-refractivity contribution in [3.8, 4) is 34.3 Å². The number of carbonyl (C=O) groups is 1. The van der Waals surface area contributed by atoms with Gasteiger partial charge in [0.25, 0.3) is 11.8 Å². The zero-order valence-corrected chi connectivity index (χ0v) is 19.2. The molecule has 1 amide bonds. The van der Waals surface area contributed by atoms with Gasteiger partial charge in [0, 0.05) is 30.4 Å². The number of benzene rings is 2. The lowest BCUT2D eigenvalue weighted by atomic mass is 10.0. The molecule has 0 aliphatic carbocycles. The Morgan fingerprint density at radius 2 is 1.68 bits per heavy atom. The predicted octanol–water partition coefficient (Wildman–Crippen LogP) is 4.41. The van der Waals surface area contributed by atoms with E-state index in [1.807, 2.05) is 0 Å². The van der Waals surface area contributed by atoms with Gasteiger partial charge in [-0.2, -0.15) is 18.2 Å². The molecule has 1 atom stereocenters. The van der Waals surface area contributed by atoms with Crippen LogP contribution in [0.5, 0.6) is 0 Å². The van der Waals surface area contributed by atoms with Crippen molar-refractivity contribution >= 4 is 5.91 Å². The summed E-state index contributed by atoms with van der Waals surface area (Å²) in [5.41, 5.74) is -0.561. The molecule has 2 N–H and O–H groups in total. The average Bonchev–Trinajstić information content (AvgIpc) is 3.57. The van der Waals surface area contributed by atoms with E-state index in [2.05, 4.69) is 20.6 Å². The molecule has 0 spiro atoms. The van der Waals surface area contributed by atoms with Gasteiger partial charge in [0.15, 0.2) is 6.10 Å². The number of aliphatic hydroxyl groups is 1. The first-order chi connectivity index (χ1) is 17.8. The summed E-state index contributed by atoms with van der Waals surface area (Å²) in [6.07, 6.45) is -4.84. The van der Waals surface area contributed by atoms with E-state index in [0.717, 1.165) is 0 Å². The number of nitrogens with zero attached hydrogens (tertiary/aromatic N) is 3. The molecule has 2 aromatic heterocycles. The molecule has 3 heterocycles. The fourth-order valence-electron chi connectivity index (χ4n) is 4.01. The van der Waals surface area contributed by atoms with Gasteiger partial charge in [0.1, 0.15) is 11.3 Å². The number of aliphatic hydroxyl groups excluding tert-OH is 1. The van der Waals surface area contributed by atoms with Crippen molar-refractivity contribution in [3.63, 3.8) is 0 Å². The number of hydrogen-bond acceptors (Lipinski definition) is 8. The number of rotatable bonds is 6. The molecular formula is C25H21F3N4O5. The lowest BCUT2D eigenvalue weighted by Gasteiger charge is -2.24. The molecule has 0 unspecified atom stereocenters. The molecule has 1 aliphatic heterocycles. The standard InChI is InChI=1S/C25H21F3N4O5/c26-25(27,28)18-19(14-4-2-1-3-5-14)31-36-21(18)24-30-22(32-37-24)16-8-6-15(7-9-16)20(33)23(34)29-17-10-12-35-13-11-17/h1-9,17,20,33H,10-13H2,(H,29,34)/t20-/m1/s1. The summed E-state index contributed by atoms with van der Waals surface area (Å²) in [6, 6.07) is 13.8. The molecule has 1 saturated heterocycles. The van der Waals surface area contributed by atoms with Gasteiger partial charge in [-0.05, 0) is 18.4 Å². The minimum atomic E-state index is -4.79. The number of halogens is 3. The minimum absolute atomic E-state index is 0.00603. The van der Waals surface area contributed by atoms with E-state index in [1.54, 1.807) is 18.2 Å². The van der Waals surface area contributed by atoms with E-state index in [0.29, 0.717) is 37.2 Å². The molecule has 0 radical (unpaired) electrons. The number of hydrogen-bond donors (Lipinski definition) is 2. The molecule has 1 fully saturated rings. The van der Waals surface area contributed by atoms with Crippen molar-refractivity contribution in [2.75, 3.05) is 13.2 Å². The largest absolute Gasteiger partial charge is 0.422 e. The van der Waals surface area contributed by atoms with Crippen LogP contribution in [0.25, 0.3) is 34.3 Å². The maximum absolute atomic E-state index is 13.9. The summed E-state index contributed by atoms with van der Waals surface area (Å²) in [6.45, 7) is 1.10. The third-order valence-electron chi connectivity index (χ3n) is 5.94. The van der Waals surface area contributed by atoms with Crippen LogP contribution in [-0.4, -0.2) is 45.6 Å². The number of carbonyl (C=O) groups excluding carboxylic acids is 1. The third-order valence-corrected chi connectivity index (χ3v) is 5.94. The molecule has 5 rings (SSSR count). The highest BCUT2D eigenvalue weighted by Gasteiger charge is 2.43. The van der Waals surface area contributed by atoms with Crippen LogP contribution >= 0.6 is 0 Å². The number of nitrogens with one attached hydrogen (secondary N) is 1. The minimum Gasteiger partial charge on any atom is -0.381 e. The molecular weight excluding hydrogens is 493 g/mol. The first kappa shape index (κ1) is 24.7. The zero-order valence-electron chi connectivity index (χ0n) is 19.2. The van der Waals surface area contributed by atoms with Gasteiger partial charge >= 0.3 is 6.18 Å². The zero-order chi connectivity index (χ0) is 26.0. The SMILES string of the molecule is O=C(NC1CCOCC1)[C@H](O)c1ccc(-c2noc(-c3onc(-c4ccccc4)c3C(F)(F)F)n2)cc1. The lowest BCUT2D eigenvalue weighted by Crippen LogP contribution is -2.41. The van der Waals surface area contributed by atoms with Crippen molar-refractivity contribution in [1.82, 2.24) is 20.6 Å². The highest BCUT2D eigenvalue weighted by Crippen LogP contribution is 2.43. The van der Waals surface area contributed by atoms with E-state index in [-0.39, 0.29) is 23.1 Å². The summed E-state index contributed by atoms with van der Waals surface area (Å²) in [7, 11) is 0. The van der Waals surface area contributed by atoms with E-state index in [9.17, 15) is 23.1 Å². The number of aromatic nitrogens is 3. The Kier molecular flexibility index (Phi) is 6.76. The highest BCUT2D eigenvalue weighted by molar-refractivity contribution is 5.82. The van der Waals surface area contributed by atoms with Gasteiger partial charge in [-0.1, -0.05) is 64.9 Å². The molecule has 1 aliphatic rings. The Bertz CT molecular complexity index is 1360. The highest BCUT2D eigenvalue weighted by atomic mass is 19.4. The quantitative estimate of drug-likeness (QED) is 0.388. The molecule has 37 heavy (non-hydrogen) atoms. The lowest BCUT2D eigenvalue weighted by molar-refractivity contribution is -0.137. The van der Waals surface area contributed by atoms with Gasteiger partial charge in [-0.25, -0.2) is 0 Å². The second-order valence-corrected chi connectivity index (χ2v) is 8.44. The summed E-state index contributed by atoms with van der Waals surface area (Å²) in [4.78, 5) is 16.4. The smallest absolute Gasteiger partial charge is 0.381 e. The van der Waals surface area contributed by atoms with E-state index < -0.39 is 35.4 Å². The fourth-order valence-corrected chi connectivity index (χ4v) is 4.01. The van der Waals surface area contributed by atoms with Crippen LogP contribution in [0.1, 0.15) is 30.1 Å². The second kappa shape index (κ2) is 10.1. The topological polar surface area (TPSA) is 124 Å². The van der Waals surface area contributed by atoms with Crippen LogP contribution in [0.3, 0.4) is 0 Å². The average molecular weight is 514 g/mol. The van der Waals surface area contributed by atoms with Crippen molar-refractivity contribution in [2.45, 2.75) is 31.2 Å². The van der Waals surface area contributed by atoms with Gasteiger partial charge in [0.2, 0.25) is 11.6 Å². The van der Waals surface area contributed by atoms with Crippen LogP contribution in [0.4, 0.5) is 13.2 Å². The van der Waals surface area contributed by atoms with E-state index in [1.165, 1.54) is 36.4 Å². The van der Waals surface area contributed by atoms with Crippen LogP contribution in [0.2, 0.25) is 0 Å². The molecule has 12 heteroatoms. The van der Waals surface area contributed by atoms with Crippen molar-refractivity contribution in [1.29, 1.82) is 0 Å². The molecule has 9 nitrogen and oxygen atoms in total. The van der Waals surface area contributed by atoms with Gasteiger partial charge in [-0.15, -0.1) is 0 Å². The fraction of sp³-hybridized carbons (Fsp3) is 0.280. The second-order valence-electron chi connectivity index (χ2n) is 8.44. The molecule has 0 saturated carbocycles. The molecule has 0 bridgehead atoms. The molecule has 2 aromatic carbocycles. The van der Waals surface area contributed by atoms with Crippen LogP contribution in [0.15, 0.2) is 63.6 Å². The summed E-state index contributed by atoms with van der Waals surface area (Å²) < 4.78 is 57.1. The van der Waals surface area contributed by atoms with Gasteiger partial charge in [-0.3, -0.25) is 4.79 Å². The number of alkyl halides is 3. The van der Waals surface area contributed by atoms with Gasteiger partial charge in [0.05, 0.1) is 0 Å². The van der Waals surface area contributed by atoms with E-state index in [4.69, 9.17) is 13.8 Å². The van der Waals surface area contributed by atoms with Crippen molar-refractivity contribution in [2.24, 2.45) is 0 Å². The monoisotopic (exact) mass is 514 g/mol. The van der Waals surface area contributed by atoms with E-state index >= 15 is 0 Å².